The number of fused-ring (bicyclic) bond motifs is 2. The zero-order chi connectivity index (χ0) is 24.5. The SMILES string of the molecule is [C-]#[N+]c1cc2c3c(ccc4c5c(C)cc6c7c(ccc(c1c34)c75)C(=O)N(C)C6=O)C(=O)N(C)C2=O. The van der Waals surface area contributed by atoms with E-state index in [9.17, 15) is 19.2 Å². The third-order valence-electron chi connectivity index (χ3n) is 7.54. The van der Waals surface area contributed by atoms with Gasteiger partial charge in [0.15, 0.2) is 5.69 Å². The largest absolute Gasteiger partial charge is 0.278 e. The standard InChI is InChI=1S/C28H15N3O4/c1-11-9-16-20-14(25(32)30(3)27(16)34)8-6-13-22-18(29-2)10-17-21-15(26(33)31(4)28(17)35)7-5-12(24(21)22)19(11)23(13)20/h5-10H,1,3-4H3. The summed E-state index contributed by atoms with van der Waals surface area (Å²) in [6.45, 7) is 9.82. The van der Waals surface area contributed by atoms with Crippen molar-refractivity contribution in [1.29, 1.82) is 0 Å². The van der Waals surface area contributed by atoms with Crippen molar-refractivity contribution >= 4 is 72.4 Å². The molecule has 0 aliphatic carbocycles. The van der Waals surface area contributed by atoms with Crippen molar-refractivity contribution in [2.75, 3.05) is 14.1 Å². The van der Waals surface area contributed by atoms with Crippen LogP contribution in [-0.2, 0) is 0 Å². The van der Waals surface area contributed by atoms with Gasteiger partial charge in [-0.15, -0.1) is 0 Å². The van der Waals surface area contributed by atoms with E-state index in [0.29, 0.717) is 43.8 Å². The van der Waals surface area contributed by atoms with Gasteiger partial charge in [-0.1, -0.05) is 12.1 Å². The number of amides is 4. The molecule has 2 heterocycles. The summed E-state index contributed by atoms with van der Waals surface area (Å²) < 4.78 is 0. The fourth-order valence-corrected chi connectivity index (χ4v) is 5.98. The molecule has 7 heteroatoms. The summed E-state index contributed by atoms with van der Waals surface area (Å²) in [7, 11) is 2.92. The molecule has 0 unspecified atom stereocenters. The molecule has 4 amide bonds. The van der Waals surface area contributed by atoms with Crippen molar-refractivity contribution in [3.05, 3.63) is 75.6 Å². The van der Waals surface area contributed by atoms with Crippen molar-refractivity contribution in [2.24, 2.45) is 0 Å². The third-order valence-corrected chi connectivity index (χ3v) is 7.54. The molecule has 2 aliphatic heterocycles. The van der Waals surface area contributed by atoms with E-state index in [0.717, 1.165) is 36.9 Å². The van der Waals surface area contributed by atoms with Gasteiger partial charge in [0.1, 0.15) is 0 Å². The maximum Gasteiger partial charge on any atom is 0.261 e. The maximum absolute atomic E-state index is 13.1. The molecule has 0 saturated heterocycles. The van der Waals surface area contributed by atoms with E-state index in [1.54, 1.807) is 24.3 Å². The lowest BCUT2D eigenvalue weighted by atomic mass is 9.80. The molecular formula is C28H15N3O4. The summed E-state index contributed by atoms with van der Waals surface area (Å²) >= 11 is 0. The van der Waals surface area contributed by atoms with E-state index in [4.69, 9.17) is 6.57 Å². The van der Waals surface area contributed by atoms with Crippen LogP contribution in [-0.4, -0.2) is 47.5 Å². The molecule has 0 spiro atoms. The lowest BCUT2D eigenvalue weighted by Crippen LogP contribution is -2.37. The Kier molecular flexibility index (Phi) is 3.36. The Morgan fingerprint density at radius 2 is 1.06 bits per heavy atom. The number of hydrogen-bond donors (Lipinski definition) is 0. The summed E-state index contributed by atoms with van der Waals surface area (Å²) in [5.41, 5.74) is 2.75. The zero-order valence-electron chi connectivity index (χ0n) is 18.9. The monoisotopic (exact) mass is 457 g/mol. The average molecular weight is 457 g/mol. The normalized spacial score (nSPS) is 15.4. The summed E-state index contributed by atoms with van der Waals surface area (Å²) in [5.74, 6) is -1.56. The van der Waals surface area contributed by atoms with Gasteiger partial charge in [0.25, 0.3) is 23.6 Å². The second-order valence-electron chi connectivity index (χ2n) is 9.21. The first kappa shape index (κ1) is 19.6. The Bertz CT molecular complexity index is 1980. The van der Waals surface area contributed by atoms with Gasteiger partial charge in [-0.3, -0.25) is 29.0 Å². The number of carbonyl (C=O) groups excluding carboxylic acids is 4. The Balaban J connectivity index is 1.85. The van der Waals surface area contributed by atoms with Crippen LogP contribution in [0.1, 0.15) is 47.0 Å². The fraction of sp³-hybridized carbons (Fsp3) is 0.107. The van der Waals surface area contributed by atoms with Crippen molar-refractivity contribution in [3.63, 3.8) is 0 Å². The highest BCUT2D eigenvalue weighted by molar-refractivity contribution is 6.43. The van der Waals surface area contributed by atoms with E-state index >= 15 is 0 Å². The topological polar surface area (TPSA) is 79.1 Å². The molecule has 0 bridgehead atoms. The minimum atomic E-state index is -0.442. The first-order valence-electron chi connectivity index (χ1n) is 11.0. The Morgan fingerprint density at radius 1 is 0.600 bits per heavy atom. The highest BCUT2D eigenvalue weighted by Crippen LogP contribution is 2.49. The quantitative estimate of drug-likeness (QED) is 0.141. The third kappa shape index (κ3) is 2.02. The highest BCUT2D eigenvalue weighted by Gasteiger charge is 2.35. The molecule has 5 aromatic rings. The number of carbonyl (C=O) groups is 4. The van der Waals surface area contributed by atoms with Gasteiger partial charge in [0.2, 0.25) is 0 Å². The van der Waals surface area contributed by atoms with Gasteiger partial charge in [0.05, 0.1) is 6.57 Å². The Hall–Kier alpha value is -4.83. The molecule has 5 aromatic carbocycles. The van der Waals surface area contributed by atoms with E-state index < -0.39 is 5.91 Å². The van der Waals surface area contributed by atoms with Crippen LogP contribution in [0.5, 0.6) is 0 Å². The predicted molar refractivity (Wildman–Crippen MR) is 131 cm³/mol. The molecular weight excluding hydrogens is 442 g/mol. The van der Waals surface area contributed by atoms with E-state index in [2.05, 4.69) is 4.85 Å². The fourth-order valence-electron chi connectivity index (χ4n) is 5.98. The molecule has 7 rings (SSSR count). The summed E-state index contributed by atoms with van der Waals surface area (Å²) in [6, 6.07) is 10.4. The average Bonchev–Trinajstić information content (AvgIpc) is 2.87. The number of nitrogens with zero attached hydrogens (tertiary/aromatic N) is 3. The number of aryl methyl sites for hydroxylation is 1. The van der Waals surface area contributed by atoms with Crippen molar-refractivity contribution in [2.45, 2.75) is 6.92 Å². The van der Waals surface area contributed by atoms with Crippen molar-refractivity contribution in [1.82, 2.24) is 9.80 Å². The van der Waals surface area contributed by atoms with Crippen molar-refractivity contribution < 1.29 is 19.2 Å². The summed E-state index contributed by atoms with van der Waals surface area (Å²) in [6.07, 6.45) is 0. The molecule has 0 saturated carbocycles. The molecule has 0 N–H and O–H groups in total. The van der Waals surface area contributed by atoms with E-state index in [-0.39, 0.29) is 23.4 Å². The zero-order valence-corrected chi connectivity index (χ0v) is 18.9. The Morgan fingerprint density at radius 3 is 1.60 bits per heavy atom. The van der Waals surface area contributed by atoms with Gasteiger partial charge in [-0.25, -0.2) is 4.85 Å². The number of benzene rings is 5. The number of imide groups is 2. The van der Waals surface area contributed by atoms with Gasteiger partial charge in [-0.2, -0.15) is 0 Å². The molecule has 2 aliphatic rings. The van der Waals surface area contributed by atoms with Crippen LogP contribution in [0.15, 0.2) is 36.4 Å². The molecule has 35 heavy (non-hydrogen) atoms. The second kappa shape index (κ2) is 5.99. The van der Waals surface area contributed by atoms with Crippen LogP contribution in [0.25, 0.3) is 47.9 Å². The van der Waals surface area contributed by atoms with Crippen molar-refractivity contribution in [3.8, 4) is 0 Å². The smallest absolute Gasteiger partial charge is 0.261 e. The number of hydrogen-bond acceptors (Lipinski definition) is 4. The first-order chi connectivity index (χ1) is 16.8. The van der Waals surface area contributed by atoms with Gasteiger partial charge < -0.3 is 0 Å². The number of rotatable bonds is 0. The van der Waals surface area contributed by atoms with Gasteiger partial charge >= 0.3 is 0 Å². The molecule has 0 fully saturated rings. The van der Waals surface area contributed by atoms with Crippen LogP contribution in [0.2, 0.25) is 0 Å². The predicted octanol–water partition coefficient (Wildman–Crippen LogP) is 5.05. The minimum Gasteiger partial charge on any atom is -0.278 e. The van der Waals surface area contributed by atoms with Crippen LogP contribution in [0, 0.1) is 13.5 Å². The molecule has 7 nitrogen and oxygen atoms in total. The van der Waals surface area contributed by atoms with Crippen LogP contribution >= 0.6 is 0 Å². The van der Waals surface area contributed by atoms with Gasteiger partial charge in [-0.05, 0) is 69.1 Å². The molecule has 166 valence electrons. The highest BCUT2D eigenvalue weighted by atomic mass is 16.2. The van der Waals surface area contributed by atoms with E-state index in [1.807, 2.05) is 19.1 Å². The lowest BCUT2D eigenvalue weighted by Gasteiger charge is -2.29. The van der Waals surface area contributed by atoms with Crippen LogP contribution < -0.4 is 0 Å². The lowest BCUT2D eigenvalue weighted by molar-refractivity contribution is 0.0635. The van der Waals surface area contributed by atoms with E-state index in [1.165, 1.54) is 14.1 Å². The minimum absolute atomic E-state index is 0.289. The second-order valence-corrected chi connectivity index (χ2v) is 9.21. The van der Waals surface area contributed by atoms with Gasteiger partial charge in [0, 0.05) is 47.1 Å². The summed E-state index contributed by atoms with van der Waals surface area (Å²) in [4.78, 5) is 58.1. The first-order valence-corrected chi connectivity index (χ1v) is 11.0. The molecule has 0 aromatic heterocycles. The maximum atomic E-state index is 13.1. The summed E-state index contributed by atoms with van der Waals surface area (Å²) in [5, 5.41) is 5.52. The van der Waals surface area contributed by atoms with Crippen LogP contribution in [0.3, 0.4) is 0 Å². The van der Waals surface area contributed by atoms with Crippen LogP contribution in [0.4, 0.5) is 5.69 Å². The molecule has 0 atom stereocenters. The Labute approximate surface area is 198 Å². The molecule has 0 radical (unpaired) electrons.